The SMILES string of the molecule is CCNC(c1ccc(F)c(Br)c1)C1COC(C)C1. The Morgan fingerprint density at radius 3 is 2.89 bits per heavy atom. The van der Waals surface area contributed by atoms with E-state index < -0.39 is 0 Å². The maximum atomic E-state index is 13.3. The largest absolute Gasteiger partial charge is 0.378 e. The van der Waals surface area contributed by atoms with Crippen LogP contribution in [0.1, 0.15) is 31.9 Å². The number of halogens is 2. The van der Waals surface area contributed by atoms with Crippen LogP contribution < -0.4 is 5.32 Å². The van der Waals surface area contributed by atoms with E-state index in [0.717, 1.165) is 25.1 Å². The van der Waals surface area contributed by atoms with Gasteiger partial charge in [0.15, 0.2) is 0 Å². The van der Waals surface area contributed by atoms with Gasteiger partial charge in [0.05, 0.1) is 17.2 Å². The van der Waals surface area contributed by atoms with E-state index in [1.807, 2.05) is 12.1 Å². The van der Waals surface area contributed by atoms with Gasteiger partial charge in [-0.1, -0.05) is 13.0 Å². The first-order chi connectivity index (χ1) is 8.61. The Hall–Kier alpha value is -0.450. The molecule has 0 amide bonds. The zero-order valence-electron chi connectivity index (χ0n) is 10.7. The Morgan fingerprint density at radius 1 is 1.56 bits per heavy atom. The summed E-state index contributed by atoms with van der Waals surface area (Å²) in [4.78, 5) is 0. The molecule has 0 aromatic heterocycles. The number of rotatable bonds is 4. The summed E-state index contributed by atoms with van der Waals surface area (Å²) in [7, 11) is 0. The maximum absolute atomic E-state index is 13.3. The molecule has 0 saturated carbocycles. The minimum absolute atomic E-state index is 0.218. The van der Waals surface area contributed by atoms with Crippen LogP contribution >= 0.6 is 15.9 Å². The lowest BCUT2D eigenvalue weighted by Gasteiger charge is -2.24. The summed E-state index contributed by atoms with van der Waals surface area (Å²) in [5, 5.41) is 3.48. The van der Waals surface area contributed by atoms with Crippen LogP contribution in [0.25, 0.3) is 0 Å². The van der Waals surface area contributed by atoms with Gasteiger partial charge in [0.1, 0.15) is 5.82 Å². The molecular weight excluding hydrogens is 297 g/mol. The molecule has 2 nitrogen and oxygen atoms in total. The molecule has 0 bridgehead atoms. The average Bonchev–Trinajstić information content (AvgIpc) is 2.76. The molecule has 1 aliphatic rings. The topological polar surface area (TPSA) is 21.3 Å². The minimum atomic E-state index is -0.218. The third kappa shape index (κ3) is 3.11. The molecule has 1 aliphatic heterocycles. The molecule has 1 aromatic carbocycles. The van der Waals surface area contributed by atoms with Crippen molar-refractivity contribution in [1.29, 1.82) is 0 Å². The number of hydrogen-bond acceptors (Lipinski definition) is 2. The summed E-state index contributed by atoms with van der Waals surface area (Å²) in [5.41, 5.74) is 1.12. The number of hydrogen-bond donors (Lipinski definition) is 1. The van der Waals surface area contributed by atoms with Crippen LogP contribution in [0, 0.1) is 11.7 Å². The van der Waals surface area contributed by atoms with Crippen molar-refractivity contribution in [3.63, 3.8) is 0 Å². The lowest BCUT2D eigenvalue weighted by Crippen LogP contribution is -2.28. The normalized spacial score (nSPS) is 25.3. The van der Waals surface area contributed by atoms with Gasteiger partial charge in [-0.05, 0) is 53.5 Å². The van der Waals surface area contributed by atoms with Gasteiger partial charge in [0.25, 0.3) is 0 Å². The molecule has 1 heterocycles. The molecule has 0 radical (unpaired) electrons. The summed E-state index contributed by atoms with van der Waals surface area (Å²) in [6.07, 6.45) is 1.37. The Bertz CT molecular complexity index is 413. The van der Waals surface area contributed by atoms with Gasteiger partial charge in [0, 0.05) is 12.0 Å². The molecule has 1 N–H and O–H groups in total. The third-order valence-corrected chi connectivity index (χ3v) is 4.04. The predicted molar refractivity (Wildman–Crippen MR) is 74.0 cm³/mol. The molecule has 0 aliphatic carbocycles. The molecule has 2 rings (SSSR count). The Balaban J connectivity index is 2.20. The van der Waals surface area contributed by atoms with Gasteiger partial charge in [-0.3, -0.25) is 0 Å². The average molecular weight is 316 g/mol. The van der Waals surface area contributed by atoms with E-state index >= 15 is 0 Å². The van der Waals surface area contributed by atoms with Gasteiger partial charge in [-0.2, -0.15) is 0 Å². The van der Waals surface area contributed by atoms with Gasteiger partial charge in [0.2, 0.25) is 0 Å². The molecule has 4 heteroatoms. The highest BCUT2D eigenvalue weighted by Gasteiger charge is 2.30. The lowest BCUT2D eigenvalue weighted by atomic mass is 9.91. The molecule has 1 saturated heterocycles. The van der Waals surface area contributed by atoms with E-state index in [1.54, 1.807) is 0 Å². The first kappa shape index (κ1) is 14.0. The second-order valence-electron chi connectivity index (χ2n) is 4.85. The second kappa shape index (κ2) is 6.13. The summed E-state index contributed by atoms with van der Waals surface area (Å²) in [6.45, 7) is 5.85. The number of ether oxygens (including phenoxy) is 1. The van der Waals surface area contributed by atoms with E-state index in [0.29, 0.717) is 16.5 Å². The summed E-state index contributed by atoms with van der Waals surface area (Å²) >= 11 is 3.25. The molecule has 1 fully saturated rings. The van der Waals surface area contributed by atoms with Crippen molar-refractivity contribution in [3.05, 3.63) is 34.1 Å². The van der Waals surface area contributed by atoms with Crippen molar-refractivity contribution in [2.24, 2.45) is 5.92 Å². The van der Waals surface area contributed by atoms with E-state index in [4.69, 9.17) is 4.74 Å². The standard InChI is InChI=1S/C14H19BrFNO/c1-3-17-14(11-6-9(2)18-8-11)10-4-5-13(16)12(15)7-10/h4-5,7,9,11,14,17H,3,6,8H2,1-2H3. The molecule has 1 aromatic rings. The fourth-order valence-electron chi connectivity index (χ4n) is 2.57. The highest BCUT2D eigenvalue weighted by Crippen LogP contribution is 2.33. The van der Waals surface area contributed by atoms with Crippen LogP contribution in [0.4, 0.5) is 4.39 Å². The molecule has 3 unspecified atom stereocenters. The van der Waals surface area contributed by atoms with E-state index in [1.165, 1.54) is 6.07 Å². The van der Waals surface area contributed by atoms with Gasteiger partial charge < -0.3 is 10.1 Å². The third-order valence-electron chi connectivity index (χ3n) is 3.43. The predicted octanol–water partition coefficient (Wildman–Crippen LogP) is 3.66. The van der Waals surface area contributed by atoms with Crippen molar-refractivity contribution >= 4 is 15.9 Å². The summed E-state index contributed by atoms with van der Waals surface area (Å²) < 4.78 is 19.5. The van der Waals surface area contributed by atoms with Crippen molar-refractivity contribution < 1.29 is 9.13 Å². The van der Waals surface area contributed by atoms with Crippen LogP contribution in [-0.4, -0.2) is 19.3 Å². The number of benzene rings is 1. The van der Waals surface area contributed by atoms with Gasteiger partial charge in [-0.25, -0.2) is 4.39 Å². The quantitative estimate of drug-likeness (QED) is 0.915. The fraction of sp³-hybridized carbons (Fsp3) is 0.571. The lowest BCUT2D eigenvalue weighted by molar-refractivity contribution is 0.117. The molecule has 18 heavy (non-hydrogen) atoms. The monoisotopic (exact) mass is 315 g/mol. The van der Waals surface area contributed by atoms with Crippen molar-refractivity contribution in [3.8, 4) is 0 Å². The van der Waals surface area contributed by atoms with Crippen LogP contribution in [0.3, 0.4) is 0 Å². The van der Waals surface area contributed by atoms with Crippen molar-refractivity contribution in [2.75, 3.05) is 13.2 Å². The van der Waals surface area contributed by atoms with Crippen molar-refractivity contribution in [1.82, 2.24) is 5.32 Å². The van der Waals surface area contributed by atoms with Crippen LogP contribution in [0.2, 0.25) is 0 Å². The molecular formula is C14H19BrFNO. The zero-order chi connectivity index (χ0) is 13.1. The molecule has 100 valence electrons. The van der Waals surface area contributed by atoms with Crippen molar-refractivity contribution in [2.45, 2.75) is 32.4 Å². The number of nitrogens with one attached hydrogen (secondary N) is 1. The molecule has 0 spiro atoms. The summed E-state index contributed by atoms with van der Waals surface area (Å²) in [5.74, 6) is 0.238. The molecule has 3 atom stereocenters. The zero-order valence-corrected chi connectivity index (χ0v) is 12.3. The maximum Gasteiger partial charge on any atom is 0.137 e. The van der Waals surface area contributed by atoms with Crippen LogP contribution in [-0.2, 0) is 4.74 Å². The minimum Gasteiger partial charge on any atom is -0.378 e. The highest BCUT2D eigenvalue weighted by atomic mass is 79.9. The first-order valence-corrected chi connectivity index (χ1v) is 7.21. The van der Waals surface area contributed by atoms with Gasteiger partial charge >= 0.3 is 0 Å². The first-order valence-electron chi connectivity index (χ1n) is 6.41. The Labute approximate surface area is 116 Å². The smallest absolute Gasteiger partial charge is 0.137 e. The van der Waals surface area contributed by atoms with E-state index in [2.05, 4.69) is 35.1 Å². The summed E-state index contributed by atoms with van der Waals surface area (Å²) in [6, 6.07) is 5.47. The van der Waals surface area contributed by atoms with E-state index in [-0.39, 0.29) is 11.9 Å². The second-order valence-corrected chi connectivity index (χ2v) is 5.70. The van der Waals surface area contributed by atoms with E-state index in [9.17, 15) is 4.39 Å². The van der Waals surface area contributed by atoms with Crippen LogP contribution in [0.15, 0.2) is 22.7 Å². The fourth-order valence-corrected chi connectivity index (χ4v) is 2.96. The van der Waals surface area contributed by atoms with Crippen LogP contribution in [0.5, 0.6) is 0 Å². The van der Waals surface area contributed by atoms with Gasteiger partial charge in [-0.15, -0.1) is 0 Å². The Morgan fingerprint density at radius 2 is 2.33 bits per heavy atom. The Kier molecular flexibility index (Phi) is 4.76. The highest BCUT2D eigenvalue weighted by molar-refractivity contribution is 9.10.